The SMILES string of the molecule is CC(=O)O[C@@]12CO[C@@H]1C[C@H](C)[C@]1(C)[C@@H]2[C@H](OC(=O)c2ccccc2)[C@]2(O)CC(C)C(C)=C([C@H](C)[C@@H]1O)C2(C)C. The highest BCUT2D eigenvalue weighted by Crippen LogP contribution is 2.67. The number of hydrogen-bond acceptors (Lipinski definition) is 7. The fourth-order valence-electron chi connectivity index (χ4n) is 8.98. The minimum atomic E-state index is -1.50. The maximum Gasteiger partial charge on any atom is 0.338 e. The van der Waals surface area contributed by atoms with E-state index in [2.05, 4.69) is 20.8 Å². The number of carbonyl (C=O) groups is 2. The molecular formula is C32H44O7. The van der Waals surface area contributed by atoms with E-state index in [0.717, 1.165) is 11.1 Å². The van der Waals surface area contributed by atoms with Crippen molar-refractivity contribution >= 4 is 11.9 Å². The Hall–Kier alpha value is -2.22. The van der Waals surface area contributed by atoms with Crippen LogP contribution in [0.1, 0.15) is 78.6 Å². The molecule has 3 aliphatic carbocycles. The van der Waals surface area contributed by atoms with Gasteiger partial charge in [-0.05, 0) is 43.7 Å². The van der Waals surface area contributed by atoms with Crippen molar-refractivity contribution < 1.29 is 34.0 Å². The molecule has 1 heterocycles. The van der Waals surface area contributed by atoms with E-state index in [0.29, 0.717) is 18.4 Å². The van der Waals surface area contributed by atoms with Crippen molar-refractivity contribution in [2.45, 2.75) is 97.7 Å². The van der Waals surface area contributed by atoms with Crippen LogP contribution in [0, 0.1) is 34.5 Å². The number of rotatable bonds is 3. The van der Waals surface area contributed by atoms with Gasteiger partial charge in [-0.1, -0.05) is 70.9 Å². The van der Waals surface area contributed by atoms with Crippen LogP contribution in [0.4, 0.5) is 0 Å². The fraction of sp³-hybridized carbons (Fsp3) is 0.688. The van der Waals surface area contributed by atoms with Gasteiger partial charge < -0.3 is 24.4 Å². The molecule has 7 nitrogen and oxygen atoms in total. The molecule has 39 heavy (non-hydrogen) atoms. The van der Waals surface area contributed by atoms with E-state index in [9.17, 15) is 19.8 Å². The van der Waals surface area contributed by atoms with Crippen LogP contribution in [-0.2, 0) is 19.0 Å². The third-order valence-electron chi connectivity index (χ3n) is 11.3. The number of aliphatic hydroxyl groups is 2. The Morgan fingerprint density at radius 2 is 1.72 bits per heavy atom. The number of carbonyl (C=O) groups excluding carboxylic acids is 2. The number of benzene rings is 1. The summed E-state index contributed by atoms with van der Waals surface area (Å²) in [6.07, 6.45) is -1.39. The van der Waals surface area contributed by atoms with E-state index in [-0.39, 0.29) is 24.4 Å². The van der Waals surface area contributed by atoms with E-state index in [1.807, 2.05) is 33.8 Å². The molecular weight excluding hydrogens is 496 g/mol. The largest absolute Gasteiger partial charge is 0.455 e. The van der Waals surface area contributed by atoms with Gasteiger partial charge in [0.2, 0.25) is 0 Å². The Morgan fingerprint density at radius 3 is 2.28 bits per heavy atom. The monoisotopic (exact) mass is 540 g/mol. The van der Waals surface area contributed by atoms with Crippen molar-refractivity contribution in [3.8, 4) is 0 Å². The number of ether oxygens (including phenoxy) is 3. The average molecular weight is 541 g/mol. The second-order valence-electron chi connectivity index (χ2n) is 13.5. The van der Waals surface area contributed by atoms with Crippen molar-refractivity contribution in [3.63, 3.8) is 0 Å². The van der Waals surface area contributed by atoms with E-state index in [1.165, 1.54) is 6.92 Å². The first-order valence-corrected chi connectivity index (χ1v) is 14.3. The average Bonchev–Trinajstić information content (AvgIpc) is 2.87. The molecule has 7 heteroatoms. The maximum atomic E-state index is 13.8. The van der Waals surface area contributed by atoms with Crippen LogP contribution in [0.15, 0.2) is 41.5 Å². The third kappa shape index (κ3) is 3.72. The minimum Gasteiger partial charge on any atom is -0.455 e. The van der Waals surface area contributed by atoms with Gasteiger partial charge >= 0.3 is 11.9 Å². The van der Waals surface area contributed by atoms with Crippen molar-refractivity contribution in [2.75, 3.05) is 6.61 Å². The van der Waals surface area contributed by atoms with Crippen molar-refractivity contribution in [2.24, 2.45) is 34.5 Å². The number of allylic oxidation sites excluding steroid dienone is 1. The summed E-state index contributed by atoms with van der Waals surface area (Å²) in [4.78, 5) is 26.4. The number of fused-ring (bicyclic) bond motifs is 5. The van der Waals surface area contributed by atoms with Crippen molar-refractivity contribution in [1.29, 1.82) is 0 Å². The summed E-state index contributed by atoms with van der Waals surface area (Å²) >= 11 is 0. The molecule has 0 amide bonds. The Kier molecular flexibility index (Phi) is 6.64. The standard InChI is InChI=1S/C32H44O7/c1-17-15-32(36)27(38-28(35)22-12-10-9-11-13-22)25-30(8,26(34)20(4)24(19(17)3)29(32,6)7)18(2)14-23-31(25,16-37-23)39-21(5)33/h9-13,17-18,20,23,25-27,34,36H,14-16H2,1-8H3/t17?,18-,20-,23+,25-,26-,27-,30+,31-,32+/m0/s1. The molecule has 0 aromatic heterocycles. The molecule has 0 spiro atoms. The first kappa shape index (κ1) is 28.3. The lowest BCUT2D eigenvalue weighted by Crippen LogP contribution is -2.80. The molecule has 0 radical (unpaired) electrons. The van der Waals surface area contributed by atoms with E-state index >= 15 is 0 Å². The zero-order chi connectivity index (χ0) is 28.7. The predicted molar refractivity (Wildman–Crippen MR) is 146 cm³/mol. The fourth-order valence-corrected chi connectivity index (χ4v) is 8.98. The van der Waals surface area contributed by atoms with Gasteiger partial charge in [-0.3, -0.25) is 4.79 Å². The summed E-state index contributed by atoms with van der Waals surface area (Å²) in [5, 5.41) is 25.4. The molecule has 5 rings (SSSR count). The summed E-state index contributed by atoms with van der Waals surface area (Å²) in [6, 6.07) is 8.76. The van der Waals surface area contributed by atoms with Crippen LogP contribution < -0.4 is 0 Å². The van der Waals surface area contributed by atoms with Gasteiger partial charge in [-0.2, -0.15) is 0 Å². The number of aliphatic hydroxyl groups excluding tert-OH is 1. The molecule has 1 unspecified atom stereocenters. The van der Waals surface area contributed by atoms with Crippen LogP contribution in [0.3, 0.4) is 0 Å². The Labute approximate surface area is 231 Å². The van der Waals surface area contributed by atoms with E-state index in [4.69, 9.17) is 14.2 Å². The Morgan fingerprint density at radius 1 is 1.08 bits per heavy atom. The van der Waals surface area contributed by atoms with Crippen LogP contribution in [-0.4, -0.2) is 58.3 Å². The Bertz CT molecular complexity index is 1190. The molecule has 2 saturated carbocycles. The van der Waals surface area contributed by atoms with Gasteiger partial charge in [0.25, 0.3) is 0 Å². The molecule has 2 bridgehead atoms. The molecule has 1 aromatic carbocycles. The van der Waals surface area contributed by atoms with Gasteiger partial charge in [-0.15, -0.1) is 0 Å². The third-order valence-corrected chi connectivity index (χ3v) is 11.3. The summed E-state index contributed by atoms with van der Waals surface area (Å²) in [7, 11) is 0. The predicted octanol–water partition coefficient (Wildman–Crippen LogP) is 4.70. The summed E-state index contributed by atoms with van der Waals surface area (Å²) < 4.78 is 18.7. The van der Waals surface area contributed by atoms with Gasteiger partial charge in [0.05, 0.1) is 24.2 Å². The molecule has 2 N–H and O–H groups in total. The molecule has 214 valence electrons. The number of hydrogen-bond donors (Lipinski definition) is 2. The maximum absolute atomic E-state index is 13.8. The van der Waals surface area contributed by atoms with Crippen molar-refractivity contribution in [3.05, 3.63) is 47.0 Å². The van der Waals surface area contributed by atoms with E-state index < -0.39 is 58.2 Å². The van der Waals surface area contributed by atoms with Gasteiger partial charge in [0, 0.05) is 23.7 Å². The first-order valence-electron chi connectivity index (χ1n) is 14.3. The van der Waals surface area contributed by atoms with E-state index in [1.54, 1.807) is 24.3 Å². The summed E-state index contributed by atoms with van der Waals surface area (Å²) in [6.45, 7) is 15.8. The molecule has 1 aliphatic heterocycles. The van der Waals surface area contributed by atoms with Crippen LogP contribution >= 0.6 is 0 Å². The van der Waals surface area contributed by atoms with Crippen LogP contribution in [0.25, 0.3) is 0 Å². The number of esters is 2. The van der Waals surface area contributed by atoms with Crippen LogP contribution in [0.5, 0.6) is 0 Å². The summed E-state index contributed by atoms with van der Waals surface area (Å²) in [5.74, 6) is -2.08. The zero-order valence-electron chi connectivity index (χ0n) is 24.5. The highest BCUT2D eigenvalue weighted by atomic mass is 16.6. The highest BCUT2D eigenvalue weighted by Gasteiger charge is 2.76. The molecule has 4 aliphatic rings. The minimum absolute atomic E-state index is 0.00548. The molecule has 1 saturated heterocycles. The molecule has 3 fully saturated rings. The normalized spacial score (nSPS) is 44.6. The second-order valence-corrected chi connectivity index (χ2v) is 13.5. The smallest absolute Gasteiger partial charge is 0.338 e. The quantitative estimate of drug-likeness (QED) is 0.423. The first-order chi connectivity index (χ1) is 18.1. The summed E-state index contributed by atoms with van der Waals surface area (Å²) in [5.41, 5.74) is -1.81. The molecule has 1 aromatic rings. The topological polar surface area (TPSA) is 102 Å². The van der Waals surface area contributed by atoms with Crippen LogP contribution in [0.2, 0.25) is 0 Å². The Balaban J connectivity index is 1.80. The van der Waals surface area contributed by atoms with Crippen molar-refractivity contribution in [1.82, 2.24) is 0 Å². The van der Waals surface area contributed by atoms with Gasteiger partial charge in [-0.25, -0.2) is 4.79 Å². The lowest BCUT2D eigenvalue weighted by Gasteiger charge is -2.70. The lowest BCUT2D eigenvalue weighted by atomic mass is 9.41. The lowest BCUT2D eigenvalue weighted by molar-refractivity contribution is -0.356. The van der Waals surface area contributed by atoms with Gasteiger partial charge in [0.1, 0.15) is 17.8 Å². The van der Waals surface area contributed by atoms with Gasteiger partial charge in [0.15, 0.2) is 5.60 Å². The second kappa shape index (κ2) is 9.15. The zero-order valence-corrected chi connectivity index (χ0v) is 24.5. The highest BCUT2D eigenvalue weighted by molar-refractivity contribution is 5.89. The molecule has 10 atom stereocenters.